The van der Waals surface area contributed by atoms with Crippen LogP contribution in [-0.4, -0.2) is 36.4 Å². The van der Waals surface area contributed by atoms with Crippen LogP contribution in [0.5, 0.6) is 0 Å². The predicted molar refractivity (Wildman–Crippen MR) is 109 cm³/mol. The molecule has 1 aliphatic rings. The number of nitrogens with zero attached hydrogens (tertiary/aromatic N) is 2. The van der Waals surface area contributed by atoms with Gasteiger partial charge in [-0.05, 0) is 24.3 Å². The highest BCUT2D eigenvalue weighted by molar-refractivity contribution is 6.08. The third-order valence-corrected chi connectivity index (χ3v) is 4.99. The van der Waals surface area contributed by atoms with Crippen molar-refractivity contribution in [3.8, 4) is 0 Å². The molecule has 1 fully saturated rings. The number of hydrogen-bond donors (Lipinski definition) is 1. The Kier molecular flexibility index (Phi) is 4.95. The molecule has 0 saturated carbocycles. The van der Waals surface area contributed by atoms with Crippen molar-refractivity contribution < 1.29 is 19.1 Å². The van der Waals surface area contributed by atoms with E-state index in [0.29, 0.717) is 11.4 Å². The van der Waals surface area contributed by atoms with E-state index in [-0.39, 0.29) is 30.3 Å². The van der Waals surface area contributed by atoms with Crippen molar-refractivity contribution in [3.05, 3.63) is 66.4 Å². The van der Waals surface area contributed by atoms with Crippen LogP contribution in [0.25, 0.3) is 10.9 Å². The number of anilines is 2. The molecule has 4 rings (SSSR count). The number of methoxy groups -OCH3 is 1. The van der Waals surface area contributed by atoms with Crippen LogP contribution in [-0.2, 0) is 14.3 Å². The fourth-order valence-electron chi connectivity index (χ4n) is 3.54. The van der Waals surface area contributed by atoms with Gasteiger partial charge in [-0.15, -0.1) is 0 Å². The van der Waals surface area contributed by atoms with Crippen LogP contribution in [0.2, 0.25) is 0 Å². The second-order valence-corrected chi connectivity index (χ2v) is 6.78. The Labute approximate surface area is 167 Å². The van der Waals surface area contributed by atoms with Crippen LogP contribution < -0.4 is 10.2 Å². The molecule has 2 amide bonds. The number of nitrogens with one attached hydrogen (secondary N) is 1. The molecule has 0 bridgehead atoms. The fourth-order valence-corrected chi connectivity index (χ4v) is 3.54. The number of aromatic nitrogens is 1. The molecule has 1 saturated heterocycles. The van der Waals surface area contributed by atoms with Gasteiger partial charge in [0, 0.05) is 24.5 Å². The molecule has 0 spiro atoms. The Morgan fingerprint density at radius 3 is 2.72 bits per heavy atom. The van der Waals surface area contributed by atoms with Crippen LogP contribution in [0.3, 0.4) is 0 Å². The van der Waals surface area contributed by atoms with Crippen LogP contribution in [0.1, 0.15) is 16.8 Å². The maximum absolute atomic E-state index is 12.8. The molecule has 0 aliphatic carbocycles. The third kappa shape index (κ3) is 3.54. The van der Waals surface area contributed by atoms with Gasteiger partial charge in [-0.3, -0.25) is 14.6 Å². The Hall–Kier alpha value is -3.74. The van der Waals surface area contributed by atoms with E-state index in [0.717, 1.165) is 10.9 Å². The number of hydrogen-bond acceptors (Lipinski definition) is 5. The second kappa shape index (κ2) is 7.71. The second-order valence-electron chi connectivity index (χ2n) is 6.78. The smallest absolute Gasteiger partial charge is 0.339 e. The molecule has 1 aromatic heterocycles. The van der Waals surface area contributed by atoms with Crippen molar-refractivity contribution in [3.63, 3.8) is 0 Å². The zero-order valence-corrected chi connectivity index (χ0v) is 15.8. The van der Waals surface area contributed by atoms with E-state index in [1.54, 1.807) is 35.4 Å². The van der Waals surface area contributed by atoms with Gasteiger partial charge in [0.2, 0.25) is 11.8 Å². The molecular weight excluding hydrogens is 370 g/mol. The van der Waals surface area contributed by atoms with E-state index < -0.39 is 11.9 Å². The molecule has 3 aromatic rings. The number of pyridine rings is 1. The van der Waals surface area contributed by atoms with Crippen LogP contribution in [0, 0.1) is 5.92 Å². The molecule has 1 unspecified atom stereocenters. The molecule has 0 radical (unpaired) electrons. The molecule has 1 N–H and O–H groups in total. The van der Waals surface area contributed by atoms with Crippen LogP contribution >= 0.6 is 0 Å². The van der Waals surface area contributed by atoms with Gasteiger partial charge in [0.1, 0.15) is 0 Å². The first-order chi connectivity index (χ1) is 14.1. The summed E-state index contributed by atoms with van der Waals surface area (Å²) in [7, 11) is 1.28. The van der Waals surface area contributed by atoms with E-state index in [9.17, 15) is 14.4 Å². The number of rotatable bonds is 4. The molecule has 1 atom stereocenters. The summed E-state index contributed by atoms with van der Waals surface area (Å²) in [6.45, 7) is 0.251. The highest BCUT2D eigenvalue weighted by Crippen LogP contribution is 2.31. The minimum atomic E-state index is -0.535. The topological polar surface area (TPSA) is 88.6 Å². The predicted octanol–water partition coefficient (Wildman–Crippen LogP) is 3.01. The van der Waals surface area contributed by atoms with E-state index in [4.69, 9.17) is 4.74 Å². The maximum atomic E-state index is 12.8. The summed E-state index contributed by atoms with van der Waals surface area (Å²) in [4.78, 5) is 43.4. The molecule has 2 aromatic carbocycles. The summed E-state index contributed by atoms with van der Waals surface area (Å²) in [6.07, 6.45) is 1.77. The van der Waals surface area contributed by atoms with E-state index >= 15 is 0 Å². The SMILES string of the molecule is COC(=O)c1ccccc1NC(=O)C1CC(=O)N(c2cccc3cccnc23)C1. The summed E-state index contributed by atoms with van der Waals surface area (Å²) in [6, 6.07) is 16.0. The highest BCUT2D eigenvalue weighted by atomic mass is 16.5. The van der Waals surface area contributed by atoms with Gasteiger partial charge in [0.25, 0.3) is 0 Å². The largest absolute Gasteiger partial charge is 0.465 e. The lowest BCUT2D eigenvalue weighted by Gasteiger charge is -2.18. The van der Waals surface area contributed by atoms with Gasteiger partial charge in [0.05, 0.1) is 35.5 Å². The summed E-state index contributed by atoms with van der Waals surface area (Å²) >= 11 is 0. The summed E-state index contributed by atoms with van der Waals surface area (Å²) in [5.41, 5.74) is 2.05. The summed E-state index contributed by atoms with van der Waals surface area (Å²) in [5.74, 6) is -1.52. The van der Waals surface area contributed by atoms with Gasteiger partial charge in [-0.25, -0.2) is 4.79 Å². The number of fused-ring (bicyclic) bond motifs is 1. The van der Waals surface area contributed by atoms with Crippen LogP contribution in [0.15, 0.2) is 60.8 Å². The first kappa shape index (κ1) is 18.6. The molecule has 2 heterocycles. The minimum Gasteiger partial charge on any atom is -0.465 e. The van der Waals surface area contributed by atoms with Gasteiger partial charge in [0.15, 0.2) is 0 Å². The Morgan fingerprint density at radius 1 is 1.10 bits per heavy atom. The standard InChI is InChI=1S/C22H19N3O4/c1-29-22(28)16-8-2-3-9-17(16)24-21(27)15-12-19(26)25(13-15)18-10-4-6-14-7-5-11-23-20(14)18/h2-11,15H,12-13H2,1H3,(H,24,27). The van der Waals surface area contributed by atoms with Gasteiger partial charge in [-0.1, -0.05) is 30.3 Å². The lowest BCUT2D eigenvalue weighted by molar-refractivity contribution is -0.122. The zero-order chi connectivity index (χ0) is 20.4. The number of carbonyl (C=O) groups excluding carboxylic acids is 3. The first-order valence-corrected chi connectivity index (χ1v) is 9.21. The molecular formula is C22H19N3O4. The number of benzene rings is 2. The lowest BCUT2D eigenvalue weighted by Crippen LogP contribution is -2.28. The summed E-state index contributed by atoms with van der Waals surface area (Å²) in [5, 5.41) is 3.69. The number of ether oxygens (including phenoxy) is 1. The fraction of sp³-hybridized carbons (Fsp3) is 0.182. The molecule has 7 heteroatoms. The zero-order valence-electron chi connectivity index (χ0n) is 15.8. The van der Waals surface area contributed by atoms with Crippen molar-refractivity contribution >= 4 is 40.1 Å². The highest BCUT2D eigenvalue weighted by Gasteiger charge is 2.36. The normalized spacial score (nSPS) is 16.1. The average molecular weight is 389 g/mol. The molecule has 146 valence electrons. The summed E-state index contributed by atoms with van der Waals surface area (Å²) < 4.78 is 4.76. The number of amides is 2. The van der Waals surface area contributed by atoms with E-state index in [1.165, 1.54) is 7.11 Å². The molecule has 1 aliphatic heterocycles. The monoisotopic (exact) mass is 389 g/mol. The van der Waals surface area contributed by atoms with Gasteiger partial charge < -0.3 is 15.0 Å². The molecule has 7 nitrogen and oxygen atoms in total. The quantitative estimate of drug-likeness (QED) is 0.693. The van der Waals surface area contributed by atoms with Gasteiger partial charge >= 0.3 is 5.97 Å². The Morgan fingerprint density at radius 2 is 1.90 bits per heavy atom. The van der Waals surface area contributed by atoms with E-state index in [2.05, 4.69) is 10.3 Å². The Balaban J connectivity index is 1.56. The lowest BCUT2D eigenvalue weighted by atomic mass is 10.1. The Bertz CT molecular complexity index is 1110. The van der Waals surface area contributed by atoms with Crippen LogP contribution in [0.4, 0.5) is 11.4 Å². The van der Waals surface area contributed by atoms with Crippen molar-refractivity contribution in [1.82, 2.24) is 4.98 Å². The van der Waals surface area contributed by atoms with Crippen molar-refractivity contribution in [2.75, 3.05) is 23.9 Å². The first-order valence-electron chi connectivity index (χ1n) is 9.21. The number of para-hydroxylation sites is 2. The van der Waals surface area contributed by atoms with Crippen molar-refractivity contribution in [1.29, 1.82) is 0 Å². The maximum Gasteiger partial charge on any atom is 0.339 e. The third-order valence-electron chi connectivity index (χ3n) is 4.99. The number of carbonyl (C=O) groups is 3. The van der Waals surface area contributed by atoms with Crippen molar-refractivity contribution in [2.45, 2.75) is 6.42 Å². The molecule has 29 heavy (non-hydrogen) atoms. The average Bonchev–Trinajstić information content (AvgIpc) is 3.14. The minimum absolute atomic E-state index is 0.0927. The number of esters is 1. The van der Waals surface area contributed by atoms with Crippen molar-refractivity contribution in [2.24, 2.45) is 5.92 Å². The van der Waals surface area contributed by atoms with Gasteiger partial charge in [-0.2, -0.15) is 0 Å². The van der Waals surface area contributed by atoms with E-state index in [1.807, 2.05) is 30.3 Å².